The summed E-state index contributed by atoms with van der Waals surface area (Å²) in [5, 5.41) is 11.3. The molecule has 1 saturated heterocycles. The van der Waals surface area contributed by atoms with Gasteiger partial charge in [0.15, 0.2) is 0 Å². The Bertz CT molecular complexity index is 648. The summed E-state index contributed by atoms with van der Waals surface area (Å²) < 4.78 is 5.90. The van der Waals surface area contributed by atoms with Crippen LogP contribution in [-0.4, -0.2) is 29.2 Å². The first kappa shape index (κ1) is 16.5. The molecule has 1 aliphatic heterocycles. The fourth-order valence-corrected chi connectivity index (χ4v) is 3.05. The highest BCUT2D eigenvalue weighted by Gasteiger charge is 2.23. The van der Waals surface area contributed by atoms with E-state index in [-0.39, 0.29) is 11.9 Å². The standard InChI is InChI=1S/C18H24N4O2/c1-14(23)19-16(13-15-9-5-4-6-10-15)17-20-21-18(24-17)22-11-7-2-3-8-12-22/h4-6,9-10,16H,2-3,7-8,11-13H2,1H3,(H,19,23). The molecule has 1 N–H and O–H groups in total. The number of hydrogen-bond acceptors (Lipinski definition) is 5. The van der Waals surface area contributed by atoms with E-state index < -0.39 is 0 Å². The Labute approximate surface area is 142 Å². The van der Waals surface area contributed by atoms with Gasteiger partial charge in [-0.05, 0) is 18.4 Å². The number of anilines is 1. The molecule has 128 valence electrons. The minimum absolute atomic E-state index is 0.106. The Morgan fingerprint density at radius 1 is 1.17 bits per heavy atom. The van der Waals surface area contributed by atoms with E-state index in [0.717, 1.165) is 31.5 Å². The molecule has 6 nitrogen and oxygen atoms in total. The van der Waals surface area contributed by atoms with Crippen LogP contribution in [0.5, 0.6) is 0 Å². The summed E-state index contributed by atoms with van der Waals surface area (Å²) in [7, 11) is 0. The van der Waals surface area contributed by atoms with E-state index in [1.165, 1.54) is 19.8 Å². The fraction of sp³-hybridized carbons (Fsp3) is 0.500. The zero-order valence-electron chi connectivity index (χ0n) is 14.1. The van der Waals surface area contributed by atoms with Crippen molar-refractivity contribution >= 4 is 11.9 Å². The van der Waals surface area contributed by atoms with Gasteiger partial charge in [-0.15, -0.1) is 5.10 Å². The first-order valence-electron chi connectivity index (χ1n) is 8.62. The van der Waals surface area contributed by atoms with Crippen LogP contribution >= 0.6 is 0 Å². The van der Waals surface area contributed by atoms with Gasteiger partial charge in [0.05, 0.1) is 0 Å². The molecule has 1 amide bonds. The third kappa shape index (κ3) is 4.34. The van der Waals surface area contributed by atoms with Gasteiger partial charge in [-0.3, -0.25) is 4.79 Å². The van der Waals surface area contributed by atoms with Crippen molar-refractivity contribution in [2.75, 3.05) is 18.0 Å². The molecule has 0 spiro atoms. The molecule has 1 aromatic carbocycles. The lowest BCUT2D eigenvalue weighted by Gasteiger charge is -2.17. The number of carbonyl (C=O) groups is 1. The summed E-state index contributed by atoms with van der Waals surface area (Å²) in [6, 6.07) is 10.3. The average Bonchev–Trinajstić information content (AvgIpc) is 2.91. The molecule has 1 aromatic heterocycles. The second kappa shape index (κ2) is 7.95. The zero-order chi connectivity index (χ0) is 16.8. The molecule has 3 rings (SSSR count). The summed E-state index contributed by atoms with van der Waals surface area (Å²) in [6.45, 7) is 3.40. The Kier molecular flexibility index (Phi) is 5.46. The summed E-state index contributed by atoms with van der Waals surface area (Å²) in [5.41, 5.74) is 1.12. The first-order valence-corrected chi connectivity index (χ1v) is 8.62. The highest BCUT2D eigenvalue weighted by Crippen LogP contribution is 2.23. The number of benzene rings is 1. The maximum absolute atomic E-state index is 11.6. The van der Waals surface area contributed by atoms with Crippen molar-refractivity contribution in [3.05, 3.63) is 41.8 Å². The lowest BCUT2D eigenvalue weighted by molar-refractivity contribution is -0.119. The molecule has 0 saturated carbocycles. The number of aromatic nitrogens is 2. The molecular formula is C18H24N4O2. The third-order valence-corrected chi connectivity index (χ3v) is 4.26. The molecule has 2 heterocycles. The van der Waals surface area contributed by atoms with E-state index >= 15 is 0 Å². The number of hydrogen-bond donors (Lipinski definition) is 1. The smallest absolute Gasteiger partial charge is 0.318 e. The normalized spacial score (nSPS) is 16.5. The molecule has 1 atom stereocenters. The Morgan fingerprint density at radius 2 is 1.88 bits per heavy atom. The van der Waals surface area contributed by atoms with E-state index in [9.17, 15) is 4.79 Å². The van der Waals surface area contributed by atoms with Gasteiger partial charge in [-0.2, -0.15) is 0 Å². The van der Waals surface area contributed by atoms with Crippen LogP contribution < -0.4 is 10.2 Å². The lowest BCUT2D eigenvalue weighted by Crippen LogP contribution is -2.28. The van der Waals surface area contributed by atoms with Gasteiger partial charge in [0.25, 0.3) is 0 Å². The topological polar surface area (TPSA) is 71.3 Å². The zero-order valence-corrected chi connectivity index (χ0v) is 14.1. The van der Waals surface area contributed by atoms with Crippen LogP contribution in [-0.2, 0) is 11.2 Å². The van der Waals surface area contributed by atoms with Crippen molar-refractivity contribution in [1.29, 1.82) is 0 Å². The third-order valence-electron chi connectivity index (χ3n) is 4.26. The molecule has 1 fully saturated rings. The molecule has 0 bridgehead atoms. The highest BCUT2D eigenvalue weighted by molar-refractivity contribution is 5.73. The van der Waals surface area contributed by atoms with Crippen LogP contribution in [0, 0.1) is 0 Å². The summed E-state index contributed by atoms with van der Waals surface area (Å²) >= 11 is 0. The maximum atomic E-state index is 11.6. The van der Waals surface area contributed by atoms with E-state index in [2.05, 4.69) is 20.4 Å². The quantitative estimate of drug-likeness (QED) is 0.914. The van der Waals surface area contributed by atoms with Crippen LogP contribution in [0.2, 0.25) is 0 Å². The molecule has 2 aromatic rings. The minimum Gasteiger partial charge on any atom is -0.406 e. The summed E-state index contributed by atoms with van der Waals surface area (Å²) in [6.07, 6.45) is 5.43. The van der Waals surface area contributed by atoms with Crippen LogP contribution in [0.1, 0.15) is 50.1 Å². The lowest BCUT2D eigenvalue weighted by atomic mass is 10.1. The first-order chi connectivity index (χ1) is 11.7. The summed E-state index contributed by atoms with van der Waals surface area (Å²) in [5.74, 6) is 0.360. The second-order valence-corrected chi connectivity index (χ2v) is 6.27. The predicted octanol–water partition coefficient (Wildman–Crippen LogP) is 2.87. The molecule has 1 unspecified atom stereocenters. The van der Waals surface area contributed by atoms with E-state index in [1.807, 2.05) is 30.3 Å². The minimum atomic E-state index is -0.307. The fourth-order valence-electron chi connectivity index (χ4n) is 3.05. The largest absolute Gasteiger partial charge is 0.406 e. The number of carbonyl (C=O) groups excluding carboxylic acids is 1. The predicted molar refractivity (Wildman–Crippen MR) is 91.7 cm³/mol. The van der Waals surface area contributed by atoms with Crippen molar-refractivity contribution < 1.29 is 9.21 Å². The number of nitrogens with one attached hydrogen (secondary N) is 1. The molecular weight excluding hydrogens is 304 g/mol. The Morgan fingerprint density at radius 3 is 2.54 bits per heavy atom. The van der Waals surface area contributed by atoms with Gasteiger partial charge >= 0.3 is 6.01 Å². The van der Waals surface area contributed by atoms with Crippen molar-refractivity contribution in [2.45, 2.75) is 45.1 Å². The van der Waals surface area contributed by atoms with E-state index in [4.69, 9.17) is 4.42 Å². The van der Waals surface area contributed by atoms with Crippen molar-refractivity contribution in [3.63, 3.8) is 0 Å². The molecule has 6 heteroatoms. The monoisotopic (exact) mass is 328 g/mol. The van der Waals surface area contributed by atoms with Crippen LogP contribution in [0.3, 0.4) is 0 Å². The van der Waals surface area contributed by atoms with E-state index in [0.29, 0.717) is 18.3 Å². The number of nitrogens with zero attached hydrogens (tertiary/aromatic N) is 3. The molecule has 0 radical (unpaired) electrons. The Hall–Kier alpha value is -2.37. The Balaban J connectivity index is 1.76. The van der Waals surface area contributed by atoms with Crippen LogP contribution in [0.25, 0.3) is 0 Å². The van der Waals surface area contributed by atoms with Gasteiger partial charge < -0.3 is 14.6 Å². The van der Waals surface area contributed by atoms with Gasteiger partial charge in [-0.25, -0.2) is 0 Å². The average molecular weight is 328 g/mol. The van der Waals surface area contributed by atoms with Gasteiger partial charge in [-0.1, -0.05) is 48.3 Å². The van der Waals surface area contributed by atoms with Crippen LogP contribution in [0.15, 0.2) is 34.7 Å². The molecule has 1 aliphatic rings. The summed E-state index contributed by atoms with van der Waals surface area (Å²) in [4.78, 5) is 13.7. The van der Waals surface area contributed by atoms with Crippen molar-refractivity contribution in [3.8, 4) is 0 Å². The van der Waals surface area contributed by atoms with Gasteiger partial charge in [0, 0.05) is 26.4 Å². The number of amides is 1. The maximum Gasteiger partial charge on any atom is 0.318 e. The van der Waals surface area contributed by atoms with Crippen molar-refractivity contribution in [1.82, 2.24) is 15.5 Å². The highest BCUT2D eigenvalue weighted by atomic mass is 16.4. The molecule has 24 heavy (non-hydrogen) atoms. The van der Waals surface area contributed by atoms with Crippen LogP contribution in [0.4, 0.5) is 6.01 Å². The second-order valence-electron chi connectivity index (χ2n) is 6.27. The number of rotatable bonds is 5. The van der Waals surface area contributed by atoms with Crippen molar-refractivity contribution in [2.24, 2.45) is 0 Å². The van der Waals surface area contributed by atoms with E-state index in [1.54, 1.807) is 0 Å². The van der Waals surface area contributed by atoms with Gasteiger partial charge in [0.2, 0.25) is 11.8 Å². The molecule has 0 aliphatic carbocycles. The SMILES string of the molecule is CC(=O)NC(Cc1ccccc1)c1nnc(N2CCCCCC2)o1. The van der Waals surface area contributed by atoms with Gasteiger partial charge in [0.1, 0.15) is 6.04 Å².